The average molecular weight is 407 g/mol. The molecule has 0 fully saturated rings. The molecule has 0 saturated carbocycles. The molecule has 0 aliphatic heterocycles. The van der Waals surface area contributed by atoms with E-state index in [2.05, 4.69) is 4.98 Å². The highest BCUT2D eigenvalue weighted by Crippen LogP contribution is 2.22. The number of hydrogen-bond donors (Lipinski definition) is 1. The third-order valence-electron chi connectivity index (χ3n) is 4.78. The highest BCUT2D eigenvalue weighted by atomic mass is 16.5. The molecule has 1 heterocycles. The Balaban J connectivity index is 1.48. The van der Waals surface area contributed by atoms with Crippen LogP contribution in [0.2, 0.25) is 0 Å². The predicted molar refractivity (Wildman–Crippen MR) is 113 cm³/mol. The van der Waals surface area contributed by atoms with Gasteiger partial charge in [0.25, 0.3) is 0 Å². The number of carbonyl (C=O) groups excluding carboxylic acids is 2. The van der Waals surface area contributed by atoms with Gasteiger partial charge in [-0.05, 0) is 43.2 Å². The van der Waals surface area contributed by atoms with Crippen LogP contribution < -0.4 is 10.5 Å². The van der Waals surface area contributed by atoms with E-state index >= 15 is 0 Å². The standard InChI is InChI=1S/C23H25N3O4/c1-16-20(25-22(30-16)18-6-4-3-5-7-18)14-15-29-19-11-8-17(9-12-19)10-13-21(27)26(2)23(24)28/h3-9,11-12H,10,13-15H2,1-2H3,(H2,24,28). The van der Waals surface area contributed by atoms with Crippen LogP contribution in [-0.2, 0) is 17.6 Å². The van der Waals surface area contributed by atoms with Crippen molar-refractivity contribution in [2.45, 2.75) is 26.2 Å². The number of nitrogens with two attached hydrogens (primary N) is 1. The zero-order valence-corrected chi connectivity index (χ0v) is 17.1. The molecule has 0 saturated heterocycles. The second-order valence-electron chi connectivity index (χ2n) is 6.92. The SMILES string of the molecule is Cc1oc(-c2ccccc2)nc1CCOc1ccc(CCC(=O)N(C)C(N)=O)cc1. The van der Waals surface area contributed by atoms with Crippen LogP contribution in [-0.4, -0.2) is 35.5 Å². The molecule has 3 amide bonds. The van der Waals surface area contributed by atoms with E-state index in [-0.39, 0.29) is 12.3 Å². The summed E-state index contributed by atoms with van der Waals surface area (Å²) in [7, 11) is 1.38. The third-order valence-corrected chi connectivity index (χ3v) is 4.78. The first-order chi connectivity index (χ1) is 14.4. The van der Waals surface area contributed by atoms with Crippen molar-refractivity contribution in [3.8, 4) is 17.2 Å². The monoisotopic (exact) mass is 407 g/mol. The van der Waals surface area contributed by atoms with E-state index in [9.17, 15) is 9.59 Å². The molecule has 2 N–H and O–H groups in total. The lowest BCUT2D eigenvalue weighted by molar-refractivity contribution is -0.127. The number of carbonyl (C=O) groups is 2. The first-order valence-corrected chi connectivity index (χ1v) is 9.73. The summed E-state index contributed by atoms with van der Waals surface area (Å²) in [6.45, 7) is 2.38. The van der Waals surface area contributed by atoms with Gasteiger partial charge in [0.15, 0.2) is 0 Å². The van der Waals surface area contributed by atoms with Gasteiger partial charge in [0.2, 0.25) is 11.8 Å². The number of imide groups is 1. The molecule has 0 spiro atoms. The number of amides is 3. The molecular weight excluding hydrogens is 382 g/mol. The Morgan fingerprint density at radius 1 is 1.07 bits per heavy atom. The lowest BCUT2D eigenvalue weighted by atomic mass is 10.1. The van der Waals surface area contributed by atoms with Gasteiger partial charge in [0, 0.05) is 25.5 Å². The zero-order chi connectivity index (χ0) is 21.5. The Hall–Kier alpha value is -3.61. The van der Waals surface area contributed by atoms with Crippen molar-refractivity contribution >= 4 is 11.9 Å². The maximum Gasteiger partial charge on any atom is 0.321 e. The Kier molecular flexibility index (Phi) is 6.85. The van der Waals surface area contributed by atoms with Crippen LogP contribution >= 0.6 is 0 Å². The van der Waals surface area contributed by atoms with Crippen LogP contribution in [0.4, 0.5) is 4.79 Å². The molecule has 3 rings (SSSR count). The van der Waals surface area contributed by atoms with Crippen molar-refractivity contribution in [3.05, 3.63) is 71.6 Å². The minimum Gasteiger partial charge on any atom is -0.493 e. The minimum atomic E-state index is -0.748. The Morgan fingerprint density at radius 3 is 2.43 bits per heavy atom. The maximum absolute atomic E-state index is 11.8. The van der Waals surface area contributed by atoms with Crippen molar-refractivity contribution in [2.75, 3.05) is 13.7 Å². The van der Waals surface area contributed by atoms with Crippen molar-refractivity contribution < 1.29 is 18.7 Å². The van der Waals surface area contributed by atoms with Gasteiger partial charge in [0.05, 0.1) is 12.3 Å². The minimum absolute atomic E-state index is 0.217. The van der Waals surface area contributed by atoms with Gasteiger partial charge in [-0.2, -0.15) is 0 Å². The number of hydrogen-bond acceptors (Lipinski definition) is 5. The van der Waals surface area contributed by atoms with Gasteiger partial charge in [-0.15, -0.1) is 0 Å². The first-order valence-electron chi connectivity index (χ1n) is 9.73. The van der Waals surface area contributed by atoms with E-state index in [1.165, 1.54) is 7.05 Å². The molecule has 0 unspecified atom stereocenters. The maximum atomic E-state index is 11.8. The van der Waals surface area contributed by atoms with Crippen molar-refractivity contribution in [2.24, 2.45) is 5.73 Å². The van der Waals surface area contributed by atoms with Crippen LogP contribution in [0.25, 0.3) is 11.5 Å². The van der Waals surface area contributed by atoms with Crippen LogP contribution in [0.5, 0.6) is 5.75 Å². The summed E-state index contributed by atoms with van der Waals surface area (Å²) < 4.78 is 11.6. The predicted octanol–water partition coefficient (Wildman–Crippen LogP) is 3.74. The molecular formula is C23H25N3O4. The molecule has 0 bridgehead atoms. The fourth-order valence-corrected chi connectivity index (χ4v) is 2.92. The summed E-state index contributed by atoms with van der Waals surface area (Å²) in [6.07, 6.45) is 1.38. The molecule has 0 aliphatic rings. The topological polar surface area (TPSA) is 98.7 Å². The molecule has 0 radical (unpaired) electrons. The number of benzene rings is 2. The molecule has 156 valence electrons. The van der Waals surface area contributed by atoms with Crippen molar-refractivity contribution in [1.29, 1.82) is 0 Å². The largest absolute Gasteiger partial charge is 0.493 e. The Morgan fingerprint density at radius 2 is 1.77 bits per heavy atom. The Bertz CT molecular complexity index is 997. The number of ether oxygens (including phenoxy) is 1. The number of oxazole rings is 1. The second-order valence-corrected chi connectivity index (χ2v) is 6.92. The lowest BCUT2D eigenvalue weighted by Crippen LogP contribution is -2.37. The summed E-state index contributed by atoms with van der Waals surface area (Å²) in [6, 6.07) is 16.6. The van der Waals surface area contributed by atoms with E-state index in [1.54, 1.807) is 0 Å². The number of aryl methyl sites for hydroxylation is 2. The van der Waals surface area contributed by atoms with E-state index in [0.717, 1.165) is 33.2 Å². The van der Waals surface area contributed by atoms with Gasteiger partial charge in [-0.3, -0.25) is 9.69 Å². The normalized spacial score (nSPS) is 10.6. The fourth-order valence-electron chi connectivity index (χ4n) is 2.92. The number of aromatic nitrogens is 1. The summed E-state index contributed by atoms with van der Waals surface area (Å²) in [5, 5.41) is 0. The van der Waals surface area contributed by atoms with Gasteiger partial charge in [-0.25, -0.2) is 9.78 Å². The van der Waals surface area contributed by atoms with E-state index in [4.69, 9.17) is 14.9 Å². The Labute approximate surface area is 175 Å². The van der Waals surface area contributed by atoms with Crippen LogP contribution in [0.1, 0.15) is 23.4 Å². The van der Waals surface area contributed by atoms with Gasteiger partial charge >= 0.3 is 6.03 Å². The smallest absolute Gasteiger partial charge is 0.321 e. The van der Waals surface area contributed by atoms with E-state index < -0.39 is 6.03 Å². The summed E-state index contributed by atoms with van der Waals surface area (Å²) >= 11 is 0. The number of rotatable bonds is 8. The van der Waals surface area contributed by atoms with Crippen LogP contribution in [0.3, 0.4) is 0 Å². The summed E-state index contributed by atoms with van der Waals surface area (Å²) in [5.41, 5.74) is 7.90. The molecule has 7 nitrogen and oxygen atoms in total. The second kappa shape index (κ2) is 9.73. The van der Waals surface area contributed by atoms with Crippen LogP contribution in [0, 0.1) is 6.92 Å². The van der Waals surface area contributed by atoms with Crippen LogP contribution in [0.15, 0.2) is 59.0 Å². The molecule has 2 aromatic carbocycles. The summed E-state index contributed by atoms with van der Waals surface area (Å²) in [4.78, 5) is 28.3. The summed E-state index contributed by atoms with van der Waals surface area (Å²) in [5.74, 6) is 1.84. The third kappa shape index (κ3) is 5.47. The molecule has 1 aromatic heterocycles. The fraction of sp³-hybridized carbons (Fsp3) is 0.261. The highest BCUT2D eigenvalue weighted by molar-refractivity contribution is 5.93. The van der Waals surface area contributed by atoms with Gasteiger partial charge in [-0.1, -0.05) is 30.3 Å². The van der Waals surface area contributed by atoms with Gasteiger partial charge in [0.1, 0.15) is 11.5 Å². The molecule has 0 atom stereocenters. The highest BCUT2D eigenvalue weighted by Gasteiger charge is 2.13. The van der Waals surface area contributed by atoms with E-state index in [1.807, 2.05) is 61.5 Å². The lowest BCUT2D eigenvalue weighted by Gasteiger charge is -2.12. The van der Waals surface area contributed by atoms with E-state index in [0.29, 0.717) is 25.3 Å². The molecule has 30 heavy (non-hydrogen) atoms. The number of primary amides is 1. The van der Waals surface area contributed by atoms with Crippen molar-refractivity contribution in [3.63, 3.8) is 0 Å². The molecule has 3 aromatic rings. The van der Waals surface area contributed by atoms with Gasteiger partial charge < -0.3 is 14.9 Å². The quantitative estimate of drug-likeness (QED) is 0.613. The molecule has 0 aliphatic carbocycles. The zero-order valence-electron chi connectivity index (χ0n) is 17.1. The van der Waals surface area contributed by atoms with Crippen molar-refractivity contribution in [1.82, 2.24) is 9.88 Å². The average Bonchev–Trinajstić information content (AvgIpc) is 3.13. The number of nitrogens with zero attached hydrogens (tertiary/aromatic N) is 2. The molecule has 7 heteroatoms. The number of urea groups is 1. The first kappa shape index (κ1) is 21.1.